The maximum Gasteiger partial charge on any atom is 0.217 e. The lowest BCUT2D eigenvalue weighted by molar-refractivity contribution is -0.118. The van der Waals surface area contributed by atoms with Crippen LogP contribution in [0.2, 0.25) is 0 Å². The molecular formula is C18H15F3N2O. The van der Waals surface area contributed by atoms with Crippen molar-refractivity contribution in [3.05, 3.63) is 59.4 Å². The molecule has 0 saturated heterocycles. The number of hydrogen-bond acceptors (Lipinski definition) is 1. The Hall–Kier alpha value is -2.76. The monoisotopic (exact) mass is 332 g/mol. The molecule has 0 saturated carbocycles. The quantitative estimate of drug-likeness (QED) is 0.727. The van der Waals surface area contributed by atoms with Gasteiger partial charge in [-0.25, -0.2) is 13.2 Å². The first kappa shape index (κ1) is 16.1. The molecule has 0 bridgehead atoms. The number of fused-ring (bicyclic) bond motifs is 1. The minimum atomic E-state index is -0.700. The summed E-state index contributed by atoms with van der Waals surface area (Å²) in [7, 11) is 0. The highest BCUT2D eigenvalue weighted by molar-refractivity contribution is 5.91. The highest BCUT2D eigenvalue weighted by Crippen LogP contribution is 2.33. The van der Waals surface area contributed by atoms with Crippen molar-refractivity contribution in [1.82, 2.24) is 4.98 Å². The van der Waals surface area contributed by atoms with Crippen LogP contribution in [0.15, 0.2) is 36.4 Å². The third kappa shape index (κ3) is 3.13. The number of carbonyl (C=O) groups is 1. The van der Waals surface area contributed by atoms with E-state index in [1.165, 1.54) is 18.2 Å². The third-order valence-corrected chi connectivity index (χ3v) is 3.91. The van der Waals surface area contributed by atoms with Gasteiger partial charge in [0, 0.05) is 23.6 Å². The lowest BCUT2D eigenvalue weighted by Crippen LogP contribution is -2.10. The van der Waals surface area contributed by atoms with Crippen molar-refractivity contribution in [3.8, 4) is 11.3 Å². The van der Waals surface area contributed by atoms with E-state index in [0.717, 1.165) is 6.07 Å². The van der Waals surface area contributed by atoms with E-state index in [1.807, 2.05) is 0 Å². The Balaban J connectivity index is 2.13. The molecule has 6 heteroatoms. The Bertz CT molecular complexity index is 901. The van der Waals surface area contributed by atoms with Crippen LogP contribution in [-0.4, -0.2) is 10.9 Å². The van der Waals surface area contributed by atoms with Crippen molar-refractivity contribution in [2.24, 2.45) is 5.73 Å². The summed E-state index contributed by atoms with van der Waals surface area (Å²) in [5.74, 6) is -2.20. The van der Waals surface area contributed by atoms with E-state index in [-0.39, 0.29) is 17.8 Å². The molecule has 1 amide bonds. The molecule has 1 heterocycles. The van der Waals surface area contributed by atoms with Crippen LogP contribution in [0.1, 0.15) is 18.4 Å². The number of aromatic amines is 1. The van der Waals surface area contributed by atoms with Crippen molar-refractivity contribution < 1.29 is 18.0 Å². The van der Waals surface area contributed by atoms with Gasteiger partial charge in [0.2, 0.25) is 5.91 Å². The van der Waals surface area contributed by atoms with Crippen molar-refractivity contribution in [3.63, 3.8) is 0 Å². The number of nitrogens with one attached hydrogen (secondary N) is 1. The summed E-state index contributed by atoms with van der Waals surface area (Å²) < 4.78 is 40.8. The fraction of sp³-hybridized carbons (Fsp3) is 0.167. The highest BCUT2D eigenvalue weighted by atomic mass is 19.1. The molecular weight excluding hydrogens is 317 g/mol. The number of nitrogens with two attached hydrogens (primary N) is 1. The van der Waals surface area contributed by atoms with Crippen molar-refractivity contribution in [2.45, 2.75) is 19.3 Å². The lowest BCUT2D eigenvalue weighted by Gasteiger charge is -2.05. The standard InChI is InChI=1S/C18H15F3N2O/c19-11-6-4-10(5-7-11)17-13(2-1-3-16(22)24)14-8-12(20)9-15(21)18(14)23-17/h4-9,23H,1-3H2,(H2,22,24). The number of halogens is 3. The zero-order valence-electron chi connectivity index (χ0n) is 12.7. The van der Waals surface area contributed by atoms with E-state index in [0.29, 0.717) is 35.0 Å². The molecule has 3 aromatic rings. The van der Waals surface area contributed by atoms with Crippen molar-refractivity contribution in [2.75, 3.05) is 0 Å². The summed E-state index contributed by atoms with van der Waals surface area (Å²) in [6, 6.07) is 7.77. The summed E-state index contributed by atoms with van der Waals surface area (Å²) in [5, 5.41) is 0.413. The molecule has 3 nitrogen and oxygen atoms in total. The topological polar surface area (TPSA) is 58.9 Å². The number of aryl methyl sites for hydroxylation is 1. The third-order valence-electron chi connectivity index (χ3n) is 3.91. The van der Waals surface area contributed by atoms with E-state index >= 15 is 0 Å². The van der Waals surface area contributed by atoms with Gasteiger partial charge in [-0.15, -0.1) is 0 Å². The van der Waals surface area contributed by atoms with Gasteiger partial charge < -0.3 is 10.7 Å². The molecule has 0 atom stereocenters. The first-order valence-electron chi connectivity index (χ1n) is 7.49. The van der Waals surface area contributed by atoms with Crippen LogP contribution in [0.5, 0.6) is 0 Å². The number of aromatic nitrogens is 1. The Labute approximate surface area is 136 Å². The van der Waals surface area contributed by atoms with E-state index in [9.17, 15) is 18.0 Å². The maximum atomic E-state index is 14.1. The van der Waals surface area contributed by atoms with Crippen LogP contribution in [-0.2, 0) is 11.2 Å². The van der Waals surface area contributed by atoms with Crippen LogP contribution in [0.4, 0.5) is 13.2 Å². The number of rotatable bonds is 5. The average molecular weight is 332 g/mol. The number of amides is 1. The van der Waals surface area contributed by atoms with Gasteiger partial charge in [-0.2, -0.15) is 0 Å². The molecule has 0 aliphatic carbocycles. The second kappa shape index (κ2) is 6.39. The Morgan fingerprint density at radius 1 is 1.04 bits per heavy atom. The Morgan fingerprint density at radius 3 is 2.42 bits per heavy atom. The van der Waals surface area contributed by atoms with E-state index in [1.54, 1.807) is 12.1 Å². The van der Waals surface area contributed by atoms with Crippen LogP contribution < -0.4 is 5.73 Å². The minimum absolute atomic E-state index is 0.174. The van der Waals surface area contributed by atoms with Crippen LogP contribution in [0, 0.1) is 17.5 Å². The van der Waals surface area contributed by atoms with E-state index < -0.39 is 17.5 Å². The normalized spacial score (nSPS) is 11.1. The number of H-pyrrole nitrogens is 1. The summed E-state index contributed by atoms with van der Waals surface area (Å²) >= 11 is 0. The van der Waals surface area contributed by atoms with Crippen LogP contribution in [0.3, 0.4) is 0 Å². The predicted octanol–water partition coefficient (Wildman–Crippen LogP) is 4.06. The molecule has 0 aliphatic rings. The molecule has 3 rings (SSSR count). The van der Waals surface area contributed by atoms with Gasteiger partial charge in [-0.05, 0) is 54.3 Å². The van der Waals surface area contributed by atoms with Gasteiger partial charge in [0.15, 0.2) is 0 Å². The second-order valence-electron chi connectivity index (χ2n) is 5.62. The van der Waals surface area contributed by atoms with Crippen molar-refractivity contribution in [1.29, 1.82) is 0 Å². The van der Waals surface area contributed by atoms with Crippen molar-refractivity contribution >= 4 is 16.8 Å². The fourth-order valence-electron chi connectivity index (χ4n) is 2.84. The first-order chi connectivity index (χ1) is 11.5. The van der Waals surface area contributed by atoms with Gasteiger partial charge in [0.25, 0.3) is 0 Å². The molecule has 0 spiro atoms. The first-order valence-corrected chi connectivity index (χ1v) is 7.49. The smallest absolute Gasteiger partial charge is 0.217 e. The zero-order chi connectivity index (χ0) is 17.3. The van der Waals surface area contributed by atoms with Gasteiger partial charge in [0.1, 0.15) is 17.5 Å². The highest BCUT2D eigenvalue weighted by Gasteiger charge is 2.17. The largest absolute Gasteiger partial charge is 0.370 e. The number of benzene rings is 2. The fourth-order valence-corrected chi connectivity index (χ4v) is 2.84. The second-order valence-corrected chi connectivity index (χ2v) is 5.62. The Kier molecular flexibility index (Phi) is 4.29. The number of primary amides is 1. The number of carbonyl (C=O) groups excluding carboxylic acids is 1. The summed E-state index contributed by atoms with van der Waals surface area (Å²) in [6.45, 7) is 0. The Morgan fingerprint density at radius 2 is 1.75 bits per heavy atom. The maximum absolute atomic E-state index is 14.1. The van der Waals surface area contributed by atoms with Gasteiger partial charge in [0.05, 0.1) is 5.52 Å². The molecule has 0 fully saturated rings. The number of hydrogen-bond donors (Lipinski definition) is 2. The summed E-state index contributed by atoms with van der Waals surface area (Å²) in [4.78, 5) is 13.9. The molecule has 0 aliphatic heterocycles. The molecule has 1 aromatic heterocycles. The lowest BCUT2D eigenvalue weighted by atomic mass is 10.00. The van der Waals surface area contributed by atoms with Gasteiger partial charge in [-0.1, -0.05) is 0 Å². The SMILES string of the molecule is NC(=O)CCCc1c(-c2ccc(F)cc2)[nH]c2c(F)cc(F)cc12. The van der Waals surface area contributed by atoms with E-state index in [2.05, 4.69) is 4.98 Å². The molecule has 0 unspecified atom stereocenters. The van der Waals surface area contributed by atoms with Gasteiger partial charge >= 0.3 is 0 Å². The van der Waals surface area contributed by atoms with Gasteiger partial charge in [-0.3, -0.25) is 4.79 Å². The molecule has 2 aromatic carbocycles. The molecule has 3 N–H and O–H groups in total. The van der Waals surface area contributed by atoms with Crippen LogP contribution >= 0.6 is 0 Å². The summed E-state index contributed by atoms with van der Waals surface area (Å²) in [5.41, 5.74) is 7.25. The van der Waals surface area contributed by atoms with E-state index in [4.69, 9.17) is 5.73 Å². The zero-order valence-corrected chi connectivity index (χ0v) is 12.7. The summed E-state index contributed by atoms with van der Waals surface area (Å²) in [6.07, 6.45) is 1.04. The molecule has 124 valence electrons. The predicted molar refractivity (Wildman–Crippen MR) is 85.7 cm³/mol. The molecule has 24 heavy (non-hydrogen) atoms. The van der Waals surface area contributed by atoms with Crippen LogP contribution in [0.25, 0.3) is 22.2 Å². The molecule has 0 radical (unpaired) electrons. The minimum Gasteiger partial charge on any atom is -0.370 e. The average Bonchev–Trinajstić information content (AvgIpc) is 2.87.